The predicted molar refractivity (Wildman–Crippen MR) is 70.5 cm³/mol. The number of hydrogen-bond donors (Lipinski definition) is 4. The lowest BCUT2D eigenvalue weighted by Crippen LogP contribution is -2.36. The maximum atomic E-state index is 11.7. The number of aromatic hydroxyl groups is 2. The first kappa shape index (κ1) is 12.9. The van der Waals surface area contributed by atoms with Crippen LogP contribution >= 0.6 is 0 Å². The van der Waals surface area contributed by atoms with Crippen molar-refractivity contribution < 1.29 is 15.0 Å². The van der Waals surface area contributed by atoms with Crippen LogP contribution in [0.4, 0.5) is 0 Å². The first-order chi connectivity index (χ1) is 9.15. The average molecular weight is 258 g/mol. The third-order valence-electron chi connectivity index (χ3n) is 2.56. The quantitative estimate of drug-likeness (QED) is 0.627. The number of benzene rings is 2. The molecule has 2 aromatic carbocycles. The van der Waals surface area contributed by atoms with Gasteiger partial charge < -0.3 is 10.2 Å². The molecule has 0 saturated heterocycles. The Morgan fingerprint density at radius 3 is 2.00 bits per heavy atom. The molecular formula is C14H14N2O3. The number of hydrogen-bond acceptors (Lipinski definition) is 4. The highest BCUT2D eigenvalue weighted by atomic mass is 16.3. The summed E-state index contributed by atoms with van der Waals surface area (Å²) in [4.78, 5) is 11.7. The van der Waals surface area contributed by atoms with Gasteiger partial charge in [-0.1, -0.05) is 12.1 Å². The number of phenols is 2. The molecule has 19 heavy (non-hydrogen) atoms. The lowest BCUT2D eigenvalue weighted by Gasteiger charge is -2.07. The molecule has 4 N–H and O–H groups in total. The van der Waals surface area contributed by atoms with Gasteiger partial charge in [0.25, 0.3) is 5.91 Å². The van der Waals surface area contributed by atoms with E-state index in [4.69, 9.17) is 10.2 Å². The minimum Gasteiger partial charge on any atom is -0.508 e. The Kier molecular flexibility index (Phi) is 4.00. The third-order valence-corrected chi connectivity index (χ3v) is 2.56. The van der Waals surface area contributed by atoms with Crippen LogP contribution in [0.1, 0.15) is 15.9 Å². The number of amides is 1. The smallest absolute Gasteiger partial charge is 0.265 e. The van der Waals surface area contributed by atoms with Gasteiger partial charge in [0, 0.05) is 12.1 Å². The second kappa shape index (κ2) is 5.88. The van der Waals surface area contributed by atoms with E-state index in [0.29, 0.717) is 12.1 Å². The molecule has 0 radical (unpaired) electrons. The molecule has 0 spiro atoms. The largest absolute Gasteiger partial charge is 0.508 e. The van der Waals surface area contributed by atoms with Crippen LogP contribution in [0.25, 0.3) is 0 Å². The molecule has 0 atom stereocenters. The molecule has 0 aliphatic carbocycles. The Balaban J connectivity index is 1.84. The van der Waals surface area contributed by atoms with Gasteiger partial charge >= 0.3 is 0 Å². The Hall–Kier alpha value is -2.53. The third kappa shape index (κ3) is 3.72. The first-order valence-electron chi connectivity index (χ1n) is 5.75. The van der Waals surface area contributed by atoms with Crippen molar-refractivity contribution in [2.24, 2.45) is 0 Å². The molecule has 2 aromatic rings. The lowest BCUT2D eigenvalue weighted by atomic mass is 10.2. The molecule has 0 aliphatic rings. The number of phenolic OH excluding ortho intramolecular Hbond substituents is 2. The van der Waals surface area contributed by atoms with Crippen LogP contribution in [0.15, 0.2) is 48.5 Å². The van der Waals surface area contributed by atoms with Crippen LogP contribution in [-0.2, 0) is 6.54 Å². The van der Waals surface area contributed by atoms with Crippen molar-refractivity contribution in [3.05, 3.63) is 59.7 Å². The Morgan fingerprint density at radius 1 is 0.895 bits per heavy atom. The summed E-state index contributed by atoms with van der Waals surface area (Å²) in [5.74, 6) is 0.0456. The normalized spacial score (nSPS) is 10.1. The molecule has 5 nitrogen and oxygen atoms in total. The van der Waals surface area contributed by atoms with E-state index in [9.17, 15) is 4.79 Å². The van der Waals surface area contributed by atoms with E-state index in [-0.39, 0.29) is 17.4 Å². The molecule has 98 valence electrons. The van der Waals surface area contributed by atoms with E-state index in [2.05, 4.69) is 10.9 Å². The summed E-state index contributed by atoms with van der Waals surface area (Å²) >= 11 is 0. The summed E-state index contributed by atoms with van der Waals surface area (Å²) in [6.45, 7) is 0.449. The highest BCUT2D eigenvalue weighted by molar-refractivity contribution is 5.93. The van der Waals surface area contributed by atoms with Gasteiger partial charge in [0.2, 0.25) is 0 Å². The minimum absolute atomic E-state index is 0.119. The van der Waals surface area contributed by atoms with Crippen LogP contribution in [0.3, 0.4) is 0 Å². The first-order valence-corrected chi connectivity index (χ1v) is 5.75. The standard InChI is InChI=1S/C14H14N2O3/c17-12-5-1-10(2-6-12)9-15-16-14(19)11-3-7-13(18)8-4-11/h1-8,15,17-18H,9H2,(H,16,19). The van der Waals surface area contributed by atoms with Crippen LogP contribution < -0.4 is 10.9 Å². The Labute approximate surface area is 110 Å². The monoisotopic (exact) mass is 258 g/mol. The van der Waals surface area contributed by atoms with E-state index in [1.807, 2.05) is 0 Å². The van der Waals surface area contributed by atoms with Crippen LogP contribution in [0.2, 0.25) is 0 Å². The molecule has 0 aromatic heterocycles. The van der Waals surface area contributed by atoms with E-state index in [0.717, 1.165) is 5.56 Å². The van der Waals surface area contributed by atoms with Crippen molar-refractivity contribution in [2.75, 3.05) is 0 Å². The summed E-state index contributed by atoms with van der Waals surface area (Å²) in [6, 6.07) is 12.7. The fourth-order valence-electron chi connectivity index (χ4n) is 1.53. The van der Waals surface area contributed by atoms with Gasteiger partial charge in [-0.15, -0.1) is 0 Å². The Bertz CT molecular complexity index is 550. The molecule has 0 aliphatic heterocycles. The SMILES string of the molecule is O=C(NNCc1ccc(O)cc1)c1ccc(O)cc1. The van der Waals surface area contributed by atoms with E-state index >= 15 is 0 Å². The molecular weight excluding hydrogens is 244 g/mol. The molecule has 0 unspecified atom stereocenters. The maximum Gasteiger partial charge on any atom is 0.265 e. The van der Waals surface area contributed by atoms with Crippen LogP contribution in [0.5, 0.6) is 11.5 Å². The molecule has 2 rings (SSSR count). The fraction of sp³-hybridized carbons (Fsp3) is 0.0714. The van der Waals surface area contributed by atoms with Crippen LogP contribution in [0, 0.1) is 0 Å². The zero-order chi connectivity index (χ0) is 13.7. The minimum atomic E-state index is -0.279. The zero-order valence-corrected chi connectivity index (χ0v) is 10.1. The van der Waals surface area contributed by atoms with Crippen molar-refractivity contribution >= 4 is 5.91 Å². The second-order valence-electron chi connectivity index (χ2n) is 4.02. The summed E-state index contributed by atoms with van der Waals surface area (Å²) in [5.41, 5.74) is 6.73. The second-order valence-corrected chi connectivity index (χ2v) is 4.02. The predicted octanol–water partition coefficient (Wildman–Crippen LogP) is 1.53. The van der Waals surface area contributed by atoms with Crippen molar-refractivity contribution in [1.82, 2.24) is 10.9 Å². The van der Waals surface area contributed by atoms with E-state index in [1.165, 1.54) is 24.3 Å². The number of nitrogens with one attached hydrogen (secondary N) is 2. The summed E-state index contributed by atoms with van der Waals surface area (Å²) < 4.78 is 0. The van der Waals surface area contributed by atoms with Crippen LogP contribution in [-0.4, -0.2) is 16.1 Å². The molecule has 0 bridgehead atoms. The molecule has 1 amide bonds. The molecule has 0 fully saturated rings. The molecule has 0 saturated carbocycles. The van der Waals surface area contributed by atoms with Crippen molar-refractivity contribution in [3.63, 3.8) is 0 Å². The van der Waals surface area contributed by atoms with Gasteiger partial charge in [-0.3, -0.25) is 10.2 Å². The number of hydrazine groups is 1. The number of carbonyl (C=O) groups is 1. The van der Waals surface area contributed by atoms with Gasteiger partial charge in [0.15, 0.2) is 0 Å². The van der Waals surface area contributed by atoms with Crippen molar-refractivity contribution in [1.29, 1.82) is 0 Å². The lowest BCUT2D eigenvalue weighted by molar-refractivity contribution is 0.0932. The van der Waals surface area contributed by atoms with Gasteiger partial charge in [-0.25, -0.2) is 5.43 Å². The van der Waals surface area contributed by atoms with Gasteiger partial charge in [0.05, 0.1) is 0 Å². The van der Waals surface area contributed by atoms with Gasteiger partial charge in [-0.2, -0.15) is 0 Å². The summed E-state index contributed by atoms with van der Waals surface area (Å²) in [6.07, 6.45) is 0. The van der Waals surface area contributed by atoms with Gasteiger partial charge in [-0.05, 0) is 42.0 Å². The summed E-state index contributed by atoms with van der Waals surface area (Å²) in [7, 11) is 0. The van der Waals surface area contributed by atoms with E-state index in [1.54, 1.807) is 24.3 Å². The number of rotatable bonds is 4. The van der Waals surface area contributed by atoms with E-state index < -0.39 is 0 Å². The fourth-order valence-corrected chi connectivity index (χ4v) is 1.53. The van der Waals surface area contributed by atoms with Crippen molar-refractivity contribution in [3.8, 4) is 11.5 Å². The van der Waals surface area contributed by atoms with Gasteiger partial charge in [0.1, 0.15) is 11.5 Å². The summed E-state index contributed by atoms with van der Waals surface area (Å²) in [5, 5.41) is 18.2. The zero-order valence-electron chi connectivity index (χ0n) is 10.1. The average Bonchev–Trinajstić information content (AvgIpc) is 2.41. The maximum absolute atomic E-state index is 11.7. The Morgan fingerprint density at radius 2 is 1.42 bits per heavy atom. The molecule has 5 heteroatoms. The number of carbonyl (C=O) groups excluding carboxylic acids is 1. The molecule has 0 heterocycles. The van der Waals surface area contributed by atoms with Crippen molar-refractivity contribution in [2.45, 2.75) is 6.54 Å². The highest BCUT2D eigenvalue weighted by Gasteiger charge is 2.04. The highest BCUT2D eigenvalue weighted by Crippen LogP contribution is 2.10. The topological polar surface area (TPSA) is 81.6 Å².